The van der Waals surface area contributed by atoms with Crippen LogP contribution in [-0.2, 0) is 14.3 Å². The van der Waals surface area contributed by atoms with E-state index in [1.807, 2.05) is 4.74 Å². The maximum atomic E-state index is 13.0. The summed E-state index contributed by atoms with van der Waals surface area (Å²) in [6.07, 6.45) is -13.7. The highest BCUT2D eigenvalue weighted by atomic mass is 19.4. The average Bonchev–Trinajstić information content (AvgIpc) is 2.25. The fourth-order valence-corrected chi connectivity index (χ4v) is 0.826. The van der Waals surface area contributed by atoms with Crippen molar-refractivity contribution in [3.8, 4) is 0 Å². The van der Waals surface area contributed by atoms with Crippen molar-refractivity contribution < 1.29 is 58.2 Å². The van der Waals surface area contributed by atoms with E-state index in [1.54, 1.807) is 0 Å². The highest BCUT2D eigenvalue weighted by Crippen LogP contribution is 2.50. The van der Waals surface area contributed by atoms with Gasteiger partial charge in [-0.3, -0.25) is 14.3 Å². The summed E-state index contributed by atoms with van der Waals surface area (Å²) in [5.41, 5.74) is 7.46. The van der Waals surface area contributed by atoms with Crippen molar-refractivity contribution in [1.29, 1.82) is 0 Å². The Labute approximate surface area is 113 Å². The molecule has 0 aromatic carbocycles. The van der Waals surface area contributed by atoms with E-state index in [1.165, 1.54) is 0 Å². The molecule has 1 atom stereocenters. The number of hydrogen-bond donors (Lipinski definition) is 2. The second-order valence-corrected chi connectivity index (χ2v) is 3.59. The zero-order chi connectivity index (χ0) is 18.4. The standard InChI is InChI=1S/C7H4F10N2O3/c8-3(9,1(18)20)5(11,12)7(16,17)22-4(10,2(19)21)6(13,14)15/h(H2,18,20)(H2,19,21). The van der Waals surface area contributed by atoms with Crippen molar-refractivity contribution in [2.24, 2.45) is 11.5 Å². The average molecular weight is 354 g/mol. The lowest BCUT2D eigenvalue weighted by atomic mass is 10.1. The van der Waals surface area contributed by atoms with Gasteiger partial charge in [0, 0.05) is 0 Å². The van der Waals surface area contributed by atoms with Gasteiger partial charge in [-0.15, -0.1) is 0 Å². The largest absolute Gasteiger partial charge is 0.458 e. The first kappa shape index (κ1) is 20.2. The number of primary amides is 2. The van der Waals surface area contributed by atoms with Crippen LogP contribution in [0.15, 0.2) is 0 Å². The van der Waals surface area contributed by atoms with Crippen molar-refractivity contribution >= 4 is 11.8 Å². The number of amides is 2. The molecule has 130 valence electrons. The van der Waals surface area contributed by atoms with Gasteiger partial charge in [0.2, 0.25) is 0 Å². The first-order valence-electron chi connectivity index (χ1n) is 4.53. The predicted octanol–water partition coefficient (Wildman–Crippen LogP) is 1.07. The van der Waals surface area contributed by atoms with E-state index < -0.39 is 41.8 Å². The molecule has 0 bridgehead atoms. The molecule has 0 radical (unpaired) electrons. The molecule has 0 saturated heterocycles. The van der Waals surface area contributed by atoms with E-state index >= 15 is 0 Å². The van der Waals surface area contributed by atoms with Crippen molar-refractivity contribution in [1.82, 2.24) is 0 Å². The Kier molecular flexibility index (Phi) is 4.71. The minimum absolute atomic E-state index is 1.92. The molecular weight excluding hydrogens is 350 g/mol. The molecule has 0 aliphatic rings. The van der Waals surface area contributed by atoms with Crippen LogP contribution in [0.2, 0.25) is 0 Å². The lowest BCUT2D eigenvalue weighted by Gasteiger charge is -2.34. The minimum atomic E-state index is -7.04. The number of ether oxygens (including phenoxy) is 1. The molecular formula is C7H4F10N2O3. The Bertz CT molecular complexity index is 476. The van der Waals surface area contributed by atoms with Crippen LogP contribution in [-0.4, -0.2) is 41.8 Å². The highest BCUT2D eigenvalue weighted by Gasteiger charge is 2.80. The van der Waals surface area contributed by atoms with Crippen LogP contribution < -0.4 is 11.5 Å². The molecule has 5 nitrogen and oxygen atoms in total. The Balaban J connectivity index is 5.96. The fraction of sp³-hybridized carbons (Fsp3) is 0.714. The highest BCUT2D eigenvalue weighted by molar-refractivity contribution is 5.83. The minimum Gasteiger partial charge on any atom is -0.364 e. The Morgan fingerprint density at radius 3 is 1.32 bits per heavy atom. The first-order valence-corrected chi connectivity index (χ1v) is 4.53. The summed E-state index contributed by atoms with van der Waals surface area (Å²) in [7, 11) is 0. The molecule has 0 fully saturated rings. The molecule has 0 aliphatic heterocycles. The van der Waals surface area contributed by atoms with Crippen LogP contribution in [0.1, 0.15) is 0 Å². The second kappa shape index (κ2) is 5.13. The molecule has 1 unspecified atom stereocenters. The normalized spacial score (nSPS) is 17.0. The molecule has 0 aromatic rings. The van der Waals surface area contributed by atoms with Gasteiger partial charge in [-0.05, 0) is 0 Å². The van der Waals surface area contributed by atoms with Crippen molar-refractivity contribution in [2.45, 2.75) is 30.0 Å². The van der Waals surface area contributed by atoms with E-state index in [0.29, 0.717) is 0 Å². The number of hydrogen-bond acceptors (Lipinski definition) is 3. The zero-order valence-electron chi connectivity index (χ0n) is 9.66. The lowest BCUT2D eigenvalue weighted by molar-refractivity contribution is -0.454. The van der Waals surface area contributed by atoms with Gasteiger partial charge in [0.05, 0.1) is 0 Å². The predicted molar refractivity (Wildman–Crippen MR) is 44.2 cm³/mol. The summed E-state index contributed by atoms with van der Waals surface area (Å²) < 4.78 is 128. The third-order valence-electron chi connectivity index (χ3n) is 2.02. The van der Waals surface area contributed by atoms with E-state index in [0.717, 1.165) is 0 Å². The van der Waals surface area contributed by atoms with E-state index in [2.05, 4.69) is 11.5 Å². The summed E-state index contributed by atoms with van der Waals surface area (Å²) in [6.45, 7) is 0. The van der Waals surface area contributed by atoms with Gasteiger partial charge in [0.15, 0.2) is 0 Å². The zero-order valence-corrected chi connectivity index (χ0v) is 9.66. The second-order valence-electron chi connectivity index (χ2n) is 3.59. The molecule has 0 heterocycles. The molecule has 22 heavy (non-hydrogen) atoms. The van der Waals surface area contributed by atoms with Gasteiger partial charge in [0.25, 0.3) is 11.8 Å². The van der Waals surface area contributed by atoms with Gasteiger partial charge in [0.1, 0.15) is 0 Å². The molecule has 0 aliphatic carbocycles. The molecule has 4 N–H and O–H groups in total. The SMILES string of the molecule is NC(=O)C(F)(F)C(F)(F)C(F)(F)OC(F)(C(N)=O)C(F)(F)F. The summed E-state index contributed by atoms with van der Waals surface area (Å²) >= 11 is 0. The van der Waals surface area contributed by atoms with E-state index in [9.17, 15) is 53.5 Å². The van der Waals surface area contributed by atoms with Gasteiger partial charge in [-0.25, -0.2) is 0 Å². The molecule has 0 rings (SSSR count). The fourth-order valence-electron chi connectivity index (χ4n) is 0.826. The smallest absolute Gasteiger partial charge is 0.364 e. The number of carbonyl (C=O) groups excluding carboxylic acids is 2. The summed E-state index contributed by atoms with van der Waals surface area (Å²) in [6, 6.07) is 0. The number of carbonyl (C=O) groups is 2. The molecule has 2 amide bonds. The maximum absolute atomic E-state index is 13.0. The lowest BCUT2D eigenvalue weighted by Crippen LogP contribution is -2.65. The number of rotatable bonds is 6. The topological polar surface area (TPSA) is 95.4 Å². The van der Waals surface area contributed by atoms with Crippen LogP contribution >= 0.6 is 0 Å². The van der Waals surface area contributed by atoms with E-state index in [-0.39, 0.29) is 0 Å². The van der Waals surface area contributed by atoms with Crippen LogP contribution in [0.3, 0.4) is 0 Å². The number of alkyl halides is 10. The third-order valence-corrected chi connectivity index (χ3v) is 2.02. The van der Waals surface area contributed by atoms with Gasteiger partial charge in [-0.1, -0.05) is 0 Å². The van der Waals surface area contributed by atoms with Crippen molar-refractivity contribution in [3.63, 3.8) is 0 Å². The number of halogens is 10. The monoisotopic (exact) mass is 354 g/mol. The summed E-state index contributed by atoms with van der Waals surface area (Å²) in [5.74, 6) is -26.5. The molecule has 0 saturated carbocycles. The molecule has 15 heteroatoms. The van der Waals surface area contributed by atoms with Crippen LogP contribution in [0.5, 0.6) is 0 Å². The molecule has 0 spiro atoms. The Hall–Kier alpha value is -1.80. The molecule has 0 aromatic heterocycles. The van der Waals surface area contributed by atoms with Crippen LogP contribution in [0.4, 0.5) is 43.9 Å². The quantitative estimate of drug-likeness (QED) is 0.699. The summed E-state index contributed by atoms with van der Waals surface area (Å²) in [5, 5.41) is 0. The van der Waals surface area contributed by atoms with Crippen molar-refractivity contribution in [2.75, 3.05) is 0 Å². The van der Waals surface area contributed by atoms with Gasteiger partial charge < -0.3 is 11.5 Å². The maximum Gasteiger partial charge on any atom is 0.458 e. The van der Waals surface area contributed by atoms with Gasteiger partial charge >= 0.3 is 30.0 Å². The van der Waals surface area contributed by atoms with Gasteiger partial charge in [-0.2, -0.15) is 43.9 Å². The third kappa shape index (κ3) is 2.89. The van der Waals surface area contributed by atoms with Crippen molar-refractivity contribution in [3.05, 3.63) is 0 Å². The Morgan fingerprint density at radius 2 is 1.09 bits per heavy atom. The van der Waals surface area contributed by atoms with Crippen LogP contribution in [0.25, 0.3) is 0 Å². The summed E-state index contributed by atoms with van der Waals surface area (Å²) in [4.78, 5) is 20.2. The Morgan fingerprint density at radius 1 is 0.727 bits per heavy atom. The van der Waals surface area contributed by atoms with E-state index in [4.69, 9.17) is 0 Å². The number of nitrogens with two attached hydrogens (primary N) is 2. The van der Waals surface area contributed by atoms with Crippen LogP contribution in [0, 0.1) is 0 Å². The first-order chi connectivity index (χ1) is 9.34.